The standard InChI is InChI=1S/C9H3B2BrClF3O/c1-2-4(10)3(8(17)9(14,15)16)7(13)5(11)6(2)12/h1H3. The molecule has 0 saturated carbocycles. The Morgan fingerprint density at radius 1 is 1.29 bits per heavy atom. The highest BCUT2D eigenvalue weighted by Gasteiger charge is 2.41. The fourth-order valence-corrected chi connectivity index (χ4v) is 2.03. The summed E-state index contributed by atoms with van der Waals surface area (Å²) in [4.78, 5) is 11.2. The first kappa shape index (κ1) is 14.6. The summed E-state index contributed by atoms with van der Waals surface area (Å²) in [7, 11) is 10.9. The zero-order valence-electron chi connectivity index (χ0n) is 8.45. The molecule has 1 nitrogen and oxygen atoms in total. The monoisotopic (exact) mass is 320 g/mol. The number of benzene rings is 1. The zero-order chi connectivity index (χ0) is 13.5. The van der Waals surface area contributed by atoms with Crippen LogP contribution in [0.15, 0.2) is 4.47 Å². The highest BCUT2D eigenvalue weighted by atomic mass is 79.9. The topological polar surface area (TPSA) is 17.1 Å². The second-order valence-corrected chi connectivity index (χ2v) is 4.45. The molecule has 0 heterocycles. The Balaban J connectivity index is 3.62. The van der Waals surface area contributed by atoms with Gasteiger partial charge in [0.1, 0.15) is 15.7 Å². The van der Waals surface area contributed by atoms with Crippen LogP contribution in [0, 0.1) is 6.92 Å². The minimum Gasteiger partial charge on any atom is -0.284 e. The van der Waals surface area contributed by atoms with Crippen LogP contribution in [0.3, 0.4) is 0 Å². The Bertz CT molecular complexity index is 473. The van der Waals surface area contributed by atoms with Gasteiger partial charge < -0.3 is 0 Å². The molecule has 0 amide bonds. The molecule has 1 aromatic rings. The average Bonchev–Trinajstić information content (AvgIpc) is 2.22. The minimum atomic E-state index is -5.05. The van der Waals surface area contributed by atoms with Crippen molar-refractivity contribution in [2.75, 3.05) is 0 Å². The van der Waals surface area contributed by atoms with E-state index in [0.717, 1.165) is 0 Å². The van der Waals surface area contributed by atoms with Crippen LogP contribution in [0.4, 0.5) is 13.2 Å². The zero-order valence-corrected chi connectivity index (χ0v) is 10.8. The van der Waals surface area contributed by atoms with Crippen LogP contribution in [0.5, 0.6) is 0 Å². The van der Waals surface area contributed by atoms with Gasteiger partial charge in [-0.25, -0.2) is 0 Å². The molecule has 0 atom stereocenters. The van der Waals surface area contributed by atoms with Gasteiger partial charge in [0.15, 0.2) is 0 Å². The summed E-state index contributed by atoms with van der Waals surface area (Å²) in [6, 6.07) is 0. The predicted octanol–water partition coefficient (Wildman–Crippen LogP) is 1.74. The van der Waals surface area contributed by atoms with Crippen molar-refractivity contribution in [1.29, 1.82) is 0 Å². The first-order valence-electron chi connectivity index (χ1n) is 4.23. The van der Waals surface area contributed by atoms with Crippen LogP contribution in [-0.2, 0) is 0 Å². The maximum Gasteiger partial charge on any atom is 0.454 e. The van der Waals surface area contributed by atoms with Crippen molar-refractivity contribution in [3.05, 3.63) is 20.6 Å². The number of hydrogen-bond donors (Lipinski definition) is 0. The first-order chi connectivity index (χ1) is 7.59. The van der Waals surface area contributed by atoms with Crippen LogP contribution in [0.2, 0.25) is 5.02 Å². The molecule has 0 spiro atoms. The summed E-state index contributed by atoms with van der Waals surface area (Å²) in [6.45, 7) is 1.43. The van der Waals surface area contributed by atoms with Crippen molar-refractivity contribution in [2.24, 2.45) is 0 Å². The van der Waals surface area contributed by atoms with Crippen LogP contribution in [0.25, 0.3) is 0 Å². The Hall–Kier alpha value is -0.420. The van der Waals surface area contributed by atoms with Gasteiger partial charge in [0.2, 0.25) is 0 Å². The molecule has 1 rings (SSSR count). The quantitative estimate of drug-likeness (QED) is 0.569. The lowest BCUT2D eigenvalue weighted by Crippen LogP contribution is -2.33. The molecule has 0 bridgehead atoms. The van der Waals surface area contributed by atoms with Crippen molar-refractivity contribution < 1.29 is 18.0 Å². The molecule has 1 aromatic carbocycles. The Labute approximate surface area is 112 Å². The number of carbonyl (C=O) groups is 1. The van der Waals surface area contributed by atoms with E-state index in [1.165, 1.54) is 6.92 Å². The summed E-state index contributed by atoms with van der Waals surface area (Å²) < 4.78 is 37.3. The third-order valence-electron chi connectivity index (χ3n) is 2.18. The van der Waals surface area contributed by atoms with Crippen molar-refractivity contribution >= 4 is 59.9 Å². The molecule has 0 aliphatic carbocycles. The molecule has 0 aromatic heterocycles. The van der Waals surface area contributed by atoms with Gasteiger partial charge in [0.25, 0.3) is 5.78 Å². The van der Waals surface area contributed by atoms with E-state index in [2.05, 4.69) is 15.9 Å². The second kappa shape index (κ2) is 4.69. The van der Waals surface area contributed by atoms with Gasteiger partial charge in [0.05, 0.1) is 0 Å². The molecule has 17 heavy (non-hydrogen) atoms. The van der Waals surface area contributed by atoms with Gasteiger partial charge in [-0.05, 0) is 12.5 Å². The van der Waals surface area contributed by atoms with Gasteiger partial charge in [-0.2, -0.15) is 13.2 Å². The molecule has 4 radical (unpaired) electrons. The molecule has 0 unspecified atom stereocenters. The molecule has 0 fully saturated rings. The third kappa shape index (κ3) is 2.55. The maximum absolute atomic E-state index is 12.3. The number of carbonyl (C=O) groups excluding carboxylic acids is 1. The van der Waals surface area contributed by atoms with Crippen molar-refractivity contribution in [3.63, 3.8) is 0 Å². The lowest BCUT2D eigenvalue weighted by molar-refractivity contribution is -0.0884. The van der Waals surface area contributed by atoms with E-state index in [-0.39, 0.29) is 21.0 Å². The van der Waals surface area contributed by atoms with Crippen LogP contribution < -0.4 is 10.9 Å². The largest absolute Gasteiger partial charge is 0.454 e. The van der Waals surface area contributed by atoms with Gasteiger partial charge in [-0.15, -0.1) is 0 Å². The smallest absolute Gasteiger partial charge is 0.284 e. The van der Waals surface area contributed by atoms with Crippen LogP contribution >= 0.6 is 27.5 Å². The van der Waals surface area contributed by atoms with Crippen molar-refractivity contribution in [2.45, 2.75) is 13.1 Å². The minimum absolute atomic E-state index is 0.147. The summed E-state index contributed by atoms with van der Waals surface area (Å²) >= 11 is 8.65. The van der Waals surface area contributed by atoms with E-state index >= 15 is 0 Å². The molecular weight excluding hydrogens is 318 g/mol. The summed E-state index contributed by atoms with van der Waals surface area (Å²) in [5.74, 6) is -2.11. The van der Waals surface area contributed by atoms with E-state index < -0.39 is 22.5 Å². The molecule has 8 heteroatoms. The molecule has 0 aliphatic heterocycles. The van der Waals surface area contributed by atoms with Crippen LogP contribution in [0.1, 0.15) is 15.9 Å². The molecule has 0 N–H and O–H groups in total. The number of Topliss-reactive ketones (excluding diaryl/α,β-unsaturated/α-hetero) is 1. The molecule has 86 valence electrons. The Morgan fingerprint density at radius 3 is 2.18 bits per heavy atom. The molecule has 0 saturated heterocycles. The third-order valence-corrected chi connectivity index (χ3v) is 3.59. The second-order valence-electron chi connectivity index (χ2n) is 3.28. The fourth-order valence-electron chi connectivity index (χ4n) is 1.22. The SMILES string of the molecule is [B]c1c(Cl)c(C(=O)C(F)(F)F)c([B])c(C)c1Br. The number of halogens is 5. The lowest BCUT2D eigenvalue weighted by Gasteiger charge is -2.17. The first-order valence-corrected chi connectivity index (χ1v) is 5.40. The van der Waals surface area contributed by atoms with Crippen molar-refractivity contribution in [3.8, 4) is 0 Å². The maximum atomic E-state index is 12.3. The lowest BCUT2D eigenvalue weighted by atomic mass is 9.79. The van der Waals surface area contributed by atoms with E-state index in [0.29, 0.717) is 0 Å². The summed E-state index contributed by atoms with van der Waals surface area (Å²) in [5.41, 5.74) is -1.05. The summed E-state index contributed by atoms with van der Waals surface area (Å²) in [6.07, 6.45) is -5.05. The average molecular weight is 321 g/mol. The van der Waals surface area contributed by atoms with E-state index in [4.69, 9.17) is 27.3 Å². The number of rotatable bonds is 1. The highest BCUT2D eigenvalue weighted by molar-refractivity contribution is 9.10. The molecular formula is C9H3B2BrClF3O. The van der Waals surface area contributed by atoms with Gasteiger partial charge >= 0.3 is 6.18 Å². The summed E-state index contributed by atoms with van der Waals surface area (Å²) in [5, 5.41) is -0.498. The fraction of sp³-hybridized carbons (Fsp3) is 0.222. The van der Waals surface area contributed by atoms with E-state index in [1.54, 1.807) is 0 Å². The van der Waals surface area contributed by atoms with Gasteiger partial charge in [0, 0.05) is 15.1 Å². The normalized spacial score (nSPS) is 11.6. The van der Waals surface area contributed by atoms with Gasteiger partial charge in [-0.1, -0.05) is 38.5 Å². The number of alkyl halides is 3. The van der Waals surface area contributed by atoms with Crippen molar-refractivity contribution in [1.82, 2.24) is 0 Å². The van der Waals surface area contributed by atoms with Crippen LogP contribution in [-0.4, -0.2) is 27.7 Å². The predicted molar refractivity (Wildman–Crippen MR) is 65.1 cm³/mol. The Kier molecular flexibility index (Phi) is 4.04. The number of ketones is 1. The molecule has 0 aliphatic rings. The van der Waals surface area contributed by atoms with E-state index in [9.17, 15) is 18.0 Å². The van der Waals surface area contributed by atoms with Gasteiger partial charge in [-0.3, -0.25) is 4.79 Å². The number of hydrogen-bond acceptors (Lipinski definition) is 1. The highest BCUT2D eigenvalue weighted by Crippen LogP contribution is 2.27. The van der Waals surface area contributed by atoms with E-state index in [1.807, 2.05) is 0 Å². The Morgan fingerprint density at radius 2 is 1.76 bits per heavy atom.